The molecule has 5 nitrogen and oxygen atoms in total. The number of esters is 1. The highest BCUT2D eigenvalue weighted by Crippen LogP contribution is 2.28. The zero-order chi connectivity index (χ0) is 13.7. The van der Waals surface area contributed by atoms with Gasteiger partial charge in [0.05, 0.1) is 25.3 Å². The molecule has 0 fully saturated rings. The van der Waals surface area contributed by atoms with Crippen LogP contribution in [0.2, 0.25) is 0 Å². The summed E-state index contributed by atoms with van der Waals surface area (Å²) in [5, 5.41) is 9.42. The third-order valence-electron chi connectivity index (χ3n) is 2.49. The van der Waals surface area contributed by atoms with Crippen LogP contribution in [0.4, 0.5) is 5.13 Å². The average molecular weight is 267 g/mol. The first-order valence-electron chi connectivity index (χ1n) is 5.70. The van der Waals surface area contributed by atoms with Crippen molar-refractivity contribution in [2.75, 3.05) is 18.6 Å². The Balaban J connectivity index is 3.00. The van der Waals surface area contributed by atoms with E-state index in [0.717, 1.165) is 5.13 Å². The minimum absolute atomic E-state index is 0.231. The zero-order valence-corrected chi connectivity index (χ0v) is 11.9. The van der Waals surface area contributed by atoms with Crippen LogP contribution in [0.15, 0.2) is 0 Å². The summed E-state index contributed by atoms with van der Waals surface area (Å²) < 4.78 is 4.71. The molecule has 0 aromatic carbocycles. The minimum atomic E-state index is -0.361. The van der Waals surface area contributed by atoms with Gasteiger partial charge in [-0.2, -0.15) is 5.26 Å². The fourth-order valence-electron chi connectivity index (χ4n) is 1.53. The molecule has 0 saturated heterocycles. The van der Waals surface area contributed by atoms with Crippen molar-refractivity contribution < 1.29 is 9.53 Å². The summed E-state index contributed by atoms with van der Waals surface area (Å²) in [6.07, 6.45) is 0.435. The van der Waals surface area contributed by atoms with Gasteiger partial charge in [-0.3, -0.25) is 0 Å². The Hall–Kier alpha value is -1.61. The lowest BCUT2D eigenvalue weighted by atomic mass is 10.3. The molecule has 0 aliphatic carbocycles. The second-order valence-electron chi connectivity index (χ2n) is 4.10. The van der Waals surface area contributed by atoms with E-state index >= 15 is 0 Å². The van der Waals surface area contributed by atoms with Gasteiger partial charge in [-0.1, -0.05) is 11.3 Å². The summed E-state index contributed by atoms with van der Waals surface area (Å²) in [4.78, 5) is 18.5. The van der Waals surface area contributed by atoms with Crippen molar-refractivity contribution in [3.63, 3.8) is 0 Å². The summed E-state index contributed by atoms with van der Waals surface area (Å²) in [5.74, 6) is -0.361. The lowest BCUT2D eigenvalue weighted by Gasteiger charge is -2.24. The van der Waals surface area contributed by atoms with Crippen LogP contribution in [0.1, 0.15) is 35.6 Å². The number of thiazole rings is 1. The van der Waals surface area contributed by atoms with Crippen molar-refractivity contribution >= 4 is 22.4 Å². The van der Waals surface area contributed by atoms with Crippen molar-refractivity contribution in [2.24, 2.45) is 0 Å². The van der Waals surface area contributed by atoms with Crippen molar-refractivity contribution in [3.05, 3.63) is 10.6 Å². The molecule has 0 radical (unpaired) electrons. The first kappa shape index (κ1) is 14.5. The normalized spacial score (nSPS) is 10.2. The van der Waals surface area contributed by atoms with Crippen LogP contribution in [0.5, 0.6) is 0 Å². The van der Waals surface area contributed by atoms with Gasteiger partial charge in [0.15, 0.2) is 5.13 Å². The van der Waals surface area contributed by atoms with Gasteiger partial charge in [0, 0.05) is 12.6 Å². The van der Waals surface area contributed by atoms with Gasteiger partial charge in [0.2, 0.25) is 0 Å². The van der Waals surface area contributed by atoms with Crippen molar-refractivity contribution in [1.82, 2.24) is 4.98 Å². The van der Waals surface area contributed by atoms with Crippen molar-refractivity contribution in [3.8, 4) is 6.07 Å². The lowest BCUT2D eigenvalue weighted by Crippen LogP contribution is -2.31. The number of hydrogen-bond donors (Lipinski definition) is 0. The summed E-state index contributed by atoms with van der Waals surface area (Å²) in [6.45, 7) is 6.47. The molecule has 1 aromatic rings. The third-order valence-corrected chi connectivity index (χ3v) is 3.66. The number of aromatic nitrogens is 1. The Labute approximate surface area is 111 Å². The van der Waals surface area contributed by atoms with Gasteiger partial charge in [-0.05, 0) is 20.8 Å². The van der Waals surface area contributed by atoms with E-state index in [4.69, 9.17) is 10.00 Å². The molecule has 1 rings (SSSR count). The highest BCUT2D eigenvalue weighted by Gasteiger charge is 2.20. The number of aryl methyl sites for hydroxylation is 1. The number of carbonyl (C=O) groups excluding carboxylic acids is 1. The predicted molar refractivity (Wildman–Crippen MR) is 70.9 cm³/mol. The number of anilines is 1. The Morgan fingerprint density at radius 1 is 1.61 bits per heavy atom. The van der Waals surface area contributed by atoms with E-state index in [9.17, 15) is 4.79 Å². The quantitative estimate of drug-likeness (QED) is 0.766. The monoisotopic (exact) mass is 267 g/mol. The first-order valence-corrected chi connectivity index (χ1v) is 6.52. The number of nitriles is 1. The van der Waals surface area contributed by atoms with Crippen LogP contribution in [-0.4, -0.2) is 30.6 Å². The molecule has 0 amide bonds. The molecule has 6 heteroatoms. The maximum absolute atomic E-state index is 11.5. The SMILES string of the molecule is COC(=O)c1sc(N(CCC#N)C(C)C)nc1C. The molecular weight excluding hydrogens is 250 g/mol. The molecule has 1 heterocycles. The van der Waals surface area contributed by atoms with E-state index in [1.165, 1.54) is 18.4 Å². The van der Waals surface area contributed by atoms with E-state index in [2.05, 4.69) is 11.1 Å². The molecule has 0 spiro atoms. The minimum Gasteiger partial charge on any atom is -0.465 e. The van der Waals surface area contributed by atoms with Crippen LogP contribution in [0.3, 0.4) is 0 Å². The van der Waals surface area contributed by atoms with E-state index in [1.807, 2.05) is 18.7 Å². The Morgan fingerprint density at radius 3 is 2.78 bits per heavy atom. The van der Waals surface area contributed by atoms with Gasteiger partial charge in [0.25, 0.3) is 0 Å². The summed E-state index contributed by atoms with van der Waals surface area (Å²) in [7, 11) is 1.36. The van der Waals surface area contributed by atoms with Gasteiger partial charge in [-0.15, -0.1) is 0 Å². The van der Waals surface area contributed by atoms with Crippen LogP contribution >= 0.6 is 11.3 Å². The average Bonchev–Trinajstić information content (AvgIpc) is 2.70. The van der Waals surface area contributed by atoms with Gasteiger partial charge in [-0.25, -0.2) is 9.78 Å². The van der Waals surface area contributed by atoms with E-state index in [0.29, 0.717) is 23.5 Å². The maximum Gasteiger partial charge on any atom is 0.350 e. The summed E-state index contributed by atoms with van der Waals surface area (Å²) >= 11 is 1.31. The number of ether oxygens (including phenoxy) is 1. The summed E-state index contributed by atoms with van der Waals surface area (Å²) in [6, 6.07) is 2.35. The third kappa shape index (κ3) is 3.20. The molecule has 18 heavy (non-hydrogen) atoms. The molecule has 0 aliphatic heterocycles. The topological polar surface area (TPSA) is 66.2 Å². The van der Waals surface area contributed by atoms with Crippen LogP contribution in [0, 0.1) is 18.3 Å². The highest BCUT2D eigenvalue weighted by molar-refractivity contribution is 7.17. The van der Waals surface area contributed by atoms with Gasteiger partial charge in [0.1, 0.15) is 4.88 Å². The van der Waals surface area contributed by atoms with Crippen molar-refractivity contribution in [2.45, 2.75) is 33.2 Å². The molecule has 0 aliphatic rings. The first-order chi connectivity index (χ1) is 8.51. The predicted octanol–water partition coefficient (Wildman–Crippen LogP) is 2.37. The fraction of sp³-hybridized carbons (Fsp3) is 0.583. The zero-order valence-electron chi connectivity index (χ0n) is 11.1. The molecule has 0 bridgehead atoms. The Morgan fingerprint density at radius 2 is 2.28 bits per heavy atom. The molecule has 0 atom stereocenters. The van der Waals surface area contributed by atoms with Gasteiger partial charge < -0.3 is 9.64 Å². The van der Waals surface area contributed by atoms with E-state index < -0.39 is 0 Å². The molecule has 0 saturated carbocycles. The molecule has 0 N–H and O–H groups in total. The number of methoxy groups -OCH3 is 1. The molecule has 98 valence electrons. The number of carbonyl (C=O) groups is 1. The fourth-order valence-corrected chi connectivity index (χ4v) is 2.68. The van der Waals surface area contributed by atoms with Crippen LogP contribution in [-0.2, 0) is 4.74 Å². The Bertz CT molecular complexity index is 462. The van der Waals surface area contributed by atoms with Crippen LogP contribution in [0.25, 0.3) is 0 Å². The maximum atomic E-state index is 11.5. The second-order valence-corrected chi connectivity index (χ2v) is 5.08. The van der Waals surface area contributed by atoms with Crippen LogP contribution < -0.4 is 4.90 Å². The largest absolute Gasteiger partial charge is 0.465 e. The molecule has 0 unspecified atom stereocenters. The highest BCUT2D eigenvalue weighted by atomic mass is 32.1. The standard InChI is InChI=1S/C12H17N3O2S/c1-8(2)15(7-5-6-13)12-14-9(3)10(18-12)11(16)17-4/h8H,5,7H2,1-4H3. The lowest BCUT2D eigenvalue weighted by molar-refractivity contribution is 0.0605. The smallest absolute Gasteiger partial charge is 0.350 e. The number of hydrogen-bond acceptors (Lipinski definition) is 6. The summed E-state index contributed by atoms with van der Waals surface area (Å²) in [5.41, 5.74) is 0.671. The van der Waals surface area contributed by atoms with E-state index in [1.54, 1.807) is 6.92 Å². The second kappa shape index (κ2) is 6.36. The Kier molecular flexibility index (Phi) is 5.10. The molecular formula is C12H17N3O2S. The van der Waals surface area contributed by atoms with E-state index in [-0.39, 0.29) is 12.0 Å². The molecule has 1 aromatic heterocycles. The van der Waals surface area contributed by atoms with Gasteiger partial charge >= 0.3 is 5.97 Å². The van der Waals surface area contributed by atoms with Crippen molar-refractivity contribution in [1.29, 1.82) is 5.26 Å². The number of nitrogens with zero attached hydrogens (tertiary/aromatic N) is 3. The number of rotatable bonds is 5.